The van der Waals surface area contributed by atoms with Gasteiger partial charge < -0.3 is 0 Å². The van der Waals surface area contributed by atoms with Crippen molar-refractivity contribution < 1.29 is 9.31 Å². The molecule has 7 nitrogen and oxygen atoms in total. The van der Waals surface area contributed by atoms with E-state index in [0.29, 0.717) is 11.2 Å². The Morgan fingerprint density at radius 3 is 2.81 bits per heavy atom. The van der Waals surface area contributed by atoms with Crippen LogP contribution in [-0.2, 0) is 0 Å². The van der Waals surface area contributed by atoms with Crippen LogP contribution in [0.15, 0.2) is 42.5 Å². The molecule has 0 N–H and O–H groups in total. The van der Waals surface area contributed by atoms with Crippen molar-refractivity contribution in [2.24, 2.45) is 0 Å². The first-order chi connectivity index (χ1) is 10.1. The van der Waals surface area contributed by atoms with Gasteiger partial charge in [-0.3, -0.25) is 15.1 Å². The van der Waals surface area contributed by atoms with E-state index in [9.17, 15) is 14.5 Å². The Hall–Kier alpha value is -3.03. The van der Waals surface area contributed by atoms with Gasteiger partial charge in [-0.15, -0.1) is 5.10 Å². The van der Waals surface area contributed by atoms with Gasteiger partial charge >= 0.3 is 5.69 Å². The highest BCUT2D eigenvalue weighted by molar-refractivity contribution is 5.75. The molecule has 0 aliphatic carbocycles. The van der Waals surface area contributed by atoms with Crippen LogP contribution < -0.4 is 5.01 Å². The normalized spacial score (nSPS) is 10.8. The molecule has 0 aliphatic heterocycles. The lowest BCUT2D eigenvalue weighted by molar-refractivity contribution is -0.387. The average Bonchev–Trinajstić information content (AvgIpc) is 2.90. The Morgan fingerprint density at radius 2 is 2.05 bits per heavy atom. The number of anilines is 1. The summed E-state index contributed by atoms with van der Waals surface area (Å²) < 4.78 is 13.4. The molecule has 0 saturated heterocycles. The maximum Gasteiger partial charge on any atom is 0.306 e. The molecule has 2 aromatic carbocycles. The van der Waals surface area contributed by atoms with Crippen LogP contribution in [0.5, 0.6) is 0 Å². The Kier molecular flexibility index (Phi) is 2.98. The summed E-state index contributed by atoms with van der Waals surface area (Å²) in [5.41, 5.74) is 1.29. The van der Waals surface area contributed by atoms with Crippen molar-refractivity contribution in [3.8, 4) is 0 Å². The number of halogens is 1. The summed E-state index contributed by atoms with van der Waals surface area (Å²) in [6, 6.07) is 11.0. The molecular weight excluding hydrogens is 277 g/mol. The Morgan fingerprint density at radius 1 is 1.29 bits per heavy atom. The Labute approximate surface area is 118 Å². The molecule has 21 heavy (non-hydrogen) atoms. The molecule has 0 saturated carbocycles. The molecule has 106 valence electrons. The van der Waals surface area contributed by atoms with E-state index in [1.165, 1.54) is 10.9 Å². The van der Waals surface area contributed by atoms with Gasteiger partial charge in [-0.05, 0) is 29.5 Å². The van der Waals surface area contributed by atoms with Gasteiger partial charge in [-0.2, -0.15) is 9.18 Å². The molecular formula is C13H10FN5O2. The third-order valence-corrected chi connectivity index (χ3v) is 3.12. The molecule has 0 radical (unpaired) electrons. The third kappa shape index (κ3) is 2.16. The predicted molar refractivity (Wildman–Crippen MR) is 74.4 cm³/mol. The van der Waals surface area contributed by atoms with Crippen LogP contribution >= 0.6 is 0 Å². The second-order valence-corrected chi connectivity index (χ2v) is 4.38. The van der Waals surface area contributed by atoms with Crippen molar-refractivity contribution in [3.63, 3.8) is 0 Å². The van der Waals surface area contributed by atoms with Gasteiger partial charge in [0.05, 0.1) is 10.6 Å². The molecule has 8 heteroatoms. The van der Waals surface area contributed by atoms with Crippen LogP contribution in [0, 0.1) is 15.9 Å². The maximum atomic E-state index is 13.4. The summed E-state index contributed by atoms with van der Waals surface area (Å²) in [6.45, 7) is 0. The number of fused-ring (bicyclic) bond motifs is 1. The maximum absolute atomic E-state index is 13.4. The number of benzene rings is 2. The van der Waals surface area contributed by atoms with E-state index >= 15 is 0 Å². The summed E-state index contributed by atoms with van der Waals surface area (Å²) in [4.78, 5) is 11.5. The van der Waals surface area contributed by atoms with Crippen LogP contribution in [0.1, 0.15) is 0 Å². The number of nitrogens with zero attached hydrogens (tertiary/aromatic N) is 5. The molecule has 0 atom stereocenters. The van der Waals surface area contributed by atoms with Crippen LogP contribution in [0.2, 0.25) is 0 Å². The molecule has 1 aromatic heterocycles. The van der Waals surface area contributed by atoms with E-state index < -0.39 is 16.4 Å². The number of rotatable bonds is 3. The van der Waals surface area contributed by atoms with Crippen LogP contribution in [0.4, 0.5) is 15.8 Å². The smallest absolute Gasteiger partial charge is 0.266 e. The zero-order chi connectivity index (χ0) is 15.0. The van der Waals surface area contributed by atoms with E-state index in [0.717, 1.165) is 17.6 Å². The van der Waals surface area contributed by atoms with Crippen molar-refractivity contribution in [1.29, 1.82) is 0 Å². The van der Waals surface area contributed by atoms with E-state index in [1.54, 1.807) is 18.1 Å². The number of hydrogen-bond donors (Lipinski definition) is 0. The quantitative estimate of drug-likeness (QED) is 0.546. The van der Waals surface area contributed by atoms with Gasteiger partial charge in [0.15, 0.2) is 0 Å². The van der Waals surface area contributed by atoms with E-state index in [4.69, 9.17) is 0 Å². The van der Waals surface area contributed by atoms with Gasteiger partial charge in [-0.25, -0.2) is 0 Å². The second kappa shape index (κ2) is 4.82. The molecule has 3 rings (SSSR count). The molecule has 0 bridgehead atoms. The minimum atomic E-state index is -0.874. The van der Waals surface area contributed by atoms with Crippen LogP contribution in [0.3, 0.4) is 0 Å². The predicted octanol–water partition coefficient (Wildman–Crippen LogP) is 2.38. The number of nitro benzene ring substituents is 1. The van der Waals surface area contributed by atoms with Crippen molar-refractivity contribution in [1.82, 2.24) is 15.1 Å². The topological polar surface area (TPSA) is 77.1 Å². The minimum absolute atomic E-state index is 0.429. The van der Waals surface area contributed by atoms with E-state index in [2.05, 4.69) is 10.3 Å². The third-order valence-electron chi connectivity index (χ3n) is 3.12. The number of para-hydroxylation sites is 1. The number of hydrogen-bond acceptors (Lipinski definition) is 5. The fourth-order valence-electron chi connectivity index (χ4n) is 2.03. The summed E-state index contributed by atoms with van der Waals surface area (Å²) >= 11 is 0. The first-order valence-corrected chi connectivity index (χ1v) is 6.06. The highest BCUT2D eigenvalue weighted by Crippen LogP contribution is 2.25. The lowest BCUT2D eigenvalue weighted by atomic mass is 10.2. The summed E-state index contributed by atoms with van der Waals surface area (Å²) in [7, 11) is 1.66. The van der Waals surface area contributed by atoms with Gasteiger partial charge in [-0.1, -0.05) is 12.1 Å². The molecule has 0 aliphatic rings. The SMILES string of the molecule is CN(c1ccc(F)c([N+](=O)[O-])c1)n1nnc2ccccc21. The molecule has 0 fully saturated rings. The minimum Gasteiger partial charge on any atom is -0.266 e. The zero-order valence-electron chi connectivity index (χ0n) is 11.0. The lowest BCUT2D eigenvalue weighted by Gasteiger charge is -2.18. The lowest BCUT2D eigenvalue weighted by Crippen LogP contribution is -2.25. The van der Waals surface area contributed by atoms with Crippen molar-refractivity contribution in [2.75, 3.05) is 12.1 Å². The molecule has 0 amide bonds. The summed E-state index contributed by atoms with van der Waals surface area (Å²) in [5, 5.41) is 20.4. The monoisotopic (exact) mass is 287 g/mol. The molecule has 1 heterocycles. The standard InChI is InChI=1S/C13H10FN5O2/c1-17(9-6-7-10(14)13(8-9)19(20)21)18-12-5-3-2-4-11(12)15-16-18/h2-8H,1H3. The van der Waals surface area contributed by atoms with Gasteiger partial charge in [0, 0.05) is 13.1 Å². The average molecular weight is 287 g/mol. The Balaban J connectivity index is 2.08. The van der Waals surface area contributed by atoms with E-state index in [-0.39, 0.29) is 0 Å². The van der Waals surface area contributed by atoms with Gasteiger partial charge in [0.2, 0.25) is 5.82 Å². The van der Waals surface area contributed by atoms with E-state index in [1.807, 2.05) is 18.2 Å². The zero-order valence-corrected chi connectivity index (χ0v) is 11.0. The number of aromatic nitrogens is 3. The molecule has 0 unspecified atom stereocenters. The highest BCUT2D eigenvalue weighted by atomic mass is 19.1. The first kappa shape index (κ1) is 13.0. The number of nitro groups is 1. The van der Waals surface area contributed by atoms with Crippen molar-refractivity contribution in [2.45, 2.75) is 0 Å². The van der Waals surface area contributed by atoms with Crippen LogP contribution in [-0.4, -0.2) is 27.1 Å². The van der Waals surface area contributed by atoms with Crippen molar-refractivity contribution >= 4 is 22.4 Å². The molecule has 0 spiro atoms. The van der Waals surface area contributed by atoms with Crippen LogP contribution in [0.25, 0.3) is 11.0 Å². The summed E-state index contributed by atoms with van der Waals surface area (Å²) in [5.74, 6) is -0.874. The largest absolute Gasteiger partial charge is 0.306 e. The fraction of sp³-hybridized carbons (Fsp3) is 0.0769. The highest BCUT2D eigenvalue weighted by Gasteiger charge is 2.17. The first-order valence-electron chi connectivity index (χ1n) is 6.06. The fourth-order valence-corrected chi connectivity index (χ4v) is 2.03. The Bertz CT molecular complexity index is 832. The molecule has 3 aromatic rings. The second-order valence-electron chi connectivity index (χ2n) is 4.38. The van der Waals surface area contributed by atoms with Gasteiger partial charge in [0.1, 0.15) is 11.0 Å². The van der Waals surface area contributed by atoms with Crippen molar-refractivity contribution in [3.05, 3.63) is 58.4 Å². The summed E-state index contributed by atoms with van der Waals surface area (Å²) in [6.07, 6.45) is 0. The van der Waals surface area contributed by atoms with Gasteiger partial charge in [0.25, 0.3) is 0 Å².